The van der Waals surface area contributed by atoms with Crippen molar-refractivity contribution in [1.82, 2.24) is 0 Å². The summed E-state index contributed by atoms with van der Waals surface area (Å²) in [6, 6.07) is 43.2. The van der Waals surface area contributed by atoms with E-state index in [9.17, 15) is 0 Å². The topological polar surface area (TPSA) is 12.0 Å². The Balaban J connectivity index is 1.30. The minimum atomic E-state index is 1.09. The average Bonchev–Trinajstić information content (AvgIpc) is 2.87. The Labute approximate surface area is 196 Å². The molecule has 0 aliphatic rings. The Morgan fingerprint density at radius 2 is 0.879 bits per heavy atom. The van der Waals surface area contributed by atoms with Crippen molar-refractivity contribution in [2.24, 2.45) is 0 Å². The lowest BCUT2D eigenvalue weighted by Crippen LogP contribution is -1.93. The summed E-state index contributed by atoms with van der Waals surface area (Å²) in [6.45, 7) is 4.27. The van der Waals surface area contributed by atoms with Crippen LogP contribution in [0.1, 0.15) is 11.1 Å². The normalized spacial score (nSPS) is 10.7. The molecule has 0 heterocycles. The Kier molecular flexibility index (Phi) is 5.78. The number of hydrogen-bond acceptors (Lipinski definition) is 1. The molecule has 0 radical (unpaired) electrons. The third kappa shape index (κ3) is 4.73. The van der Waals surface area contributed by atoms with Gasteiger partial charge in [0.15, 0.2) is 0 Å². The van der Waals surface area contributed by atoms with Gasteiger partial charge in [0.05, 0.1) is 0 Å². The van der Waals surface area contributed by atoms with Crippen LogP contribution in [0.2, 0.25) is 0 Å². The Morgan fingerprint density at radius 3 is 1.45 bits per heavy atom. The van der Waals surface area contributed by atoms with Gasteiger partial charge in [-0.25, -0.2) is 0 Å². The molecule has 0 fully saturated rings. The van der Waals surface area contributed by atoms with Crippen molar-refractivity contribution in [3.8, 4) is 33.4 Å². The second-order valence-corrected chi connectivity index (χ2v) is 8.54. The van der Waals surface area contributed by atoms with Crippen molar-refractivity contribution in [3.05, 3.63) is 132 Å². The maximum Gasteiger partial charge on any atom is 0.0414 e. The molecule has 0 spiro atoms. The van der Waals surface area contributed by atoms with Gasteiger partial charge in [0.1, 0.15) is 0 Å². The van der Waals surface area contributed by atoms with E-state index in [4.69, 9.17) is 0 Å². The maximum absolute atomic E-state index is 3.57. The van der Waals surface area contributed by atoms with E-state index < -0.39 is 0 Å². The number of aryl methyl sites for hydroxylation is 2. The van der Waals surface area contributed by atoms with Crippen LogP contribution < -0.4 is 5.32 Å². The van der Waals surface area contributed by atoms with E-state index in [1.54, 1.807) is 0 Å². The minimum Gasteiger partial charge on any atom is -0.355 e. The predicted octanol–water partition coefficient (Wildman–Crippen LogP) is 9.05. The molecule has 0 atom stereocenters. The molecule has 160 valence electrons. The van der Waals surface area contributed by atoms with Gasteiger partial charge in [-0.2, -0.15) is 0 Å². The van der Waals surface area contributed by atoms with Crippen molar-refractivity contribution in [2.75, 3.05) is 5.32 Å². The quantitative estimate of drug-likeness (QED) is 0.296. The highest BCUT2D eigenvalue weighted by Crippen LogP contribution is 2.29. The number of rotatable bonds is 5. The van der Waals surface area contributed by atoms with Crippen molar-refractivity contribution in [2.45, 2.75) is 13.8 Å². The van der Waals surface area contributed by atoms with Gasteiger partial charge in [0.25, 0.3) is 0 Å². The number of anilines is 2. The molecule has 1 nitrogen and oxygen atoms in total. The lowest BCUT2D eigenvalue weighted by atomic mass is 10.00. The molecule has 0 saturated heterocycles. The fraction of sp³-hybridized carbons (Fsp3) is 0.0625. The van der Waals surface area contributed by atoms with Crippen LogP contribution in [0.4, 0.5) is 11.4 Å². The molecule has 0 unspecified atom stereocenters. The summed E-state index contributed by atoms with van der Waals surface area (Å²) < 4.78 is 0. The Hall–Kier alpha value is -4.10. The molecule has 5 aromatic carbocycles. The fourth-order valence-electron chi connectivity index (χ4n) is 4.12. The molecule has 33 heavy (non-hydrogen) atoms. The molecule has 0 aromatic heterocycles. The van der Waals surface area contributed by atoms with Crippen LogP contribution in [-0.4, -0.2) is 0 Å². The summed E-state index contributed by atoms with van der Waals surface area (Å²) in [6.07, 6.45) is 0. The van der Waals surface area contributed by atoms with Gasteiger partial charge in [0, 0.05) is 11.4 Å². The van der Waals surface area contributed by atoms with Gasteiger partial charge < -0.3 is 5.32 Å². The first-order valence-electron chi connectivity index (χ1n) is 11.4. The van der Waals surface area contributed by atoms with E-state index in [2.05, 4.69) is 134 Å². The zero-order chi connectivity index (χ0) is 22.6. The summed E-state index contributed by atoms with van der Waals surface area (Å²) in [4.78, 5) is 0. The summed E-state index contributed by atoms with van der Waals surface area (Å²) in [7, 11) is 0. The molecular weight excluding hydrogens is 398 g/mol. The second kappa shape index (κ2) is 9.18. The molecule has 1 N–H and O–H groups in total. The summed E-state index contributed by atoms with van der Waals surface area (Å²) in [5.74, 6) is 0. The predicted molar refractivity (Wildman–Crippen MR) is 142 cm³/mol. The van der Waals surface area contributed by atoms with Gasteiger partial charge in [-0.1, -0.05) is 103 Å². The summed E-state index contributed by atoms with van der Waals surface area (Å²) in [5.41, 5.74) is 12.1. The summed E-state index contributed by atoms with van der Waals surface area (Å²) in [5, 5.41) is 3.57. The van der Waals surface area contributed by atoms with Crippen LogP contribution in [0.15, 0.2) is 121 Å². The van der Waals surface area contributed by atoms with Gasteiger partial charge in [-0.3, -0.25) is 0 Å². The molecule has 5 aromatic rings. The van der Waals surface area contributed by atoms with Crippen molar-refractivity contribution in [1.29, 1.82) is 0 Å². The van der Waals surface area contributed by atoms with E-state index in [1.807, 2.05) is 6.07 Å². The largest absolute Gasteiger partial charge is 0.355 e. The van der Waals surface area contributed by atoms with E-state index in [0.29, 0.717) is 0 Å². The fourth-order valence-corrected chi connectivity index (χ4v) is 4.12. The average molecular weight is 426 g/mol. The smallest absolute Gasteiger partial charge is 0.0414 e. The van der Waals surface area contributed by atoms with Crippen LogP contribution >= 0.6 is 0 Å². The highest BCUT2D eigenvalue weighted by Gasteiger charge is 2.05. The molecular formula is C32H27N. The second-order valence-electron chi connectivity index (χ2n) is 8.54. The third-order valence-corrected chi connectivity index (χ3v) is 6.10. The molecule has 1 heteroatoms. The Bertz CT molecular complexity index is 1350. The molecule has 0 aliphatic carbocycles. The van der Waals surface area contributed by atoms with Crippen LogP contribution in [0.25, 0.3) is 33.4 Å². The molecule has 0 amide bonds. The third-order valence-electron chi connectivity index (χ3n) is 6.10. The van der Waals surface area contributed by atoms with Crippen LogP contribution in [0.5, 0.6) is 0 Å². The maximum atomic E-state index is 3.57. The first-order chi connectivity index (χ1) is 16.2. The Morgan fingerprint density at radius 1 is 0.424 bits per heavy atom. The van der Waals surface area contributed by atoms with Crippen LogP contribution in [0, 0.1) is 13.8 Å². The molecule has 5 rings (SSSR count). The zero-order valence-electron chi connectivity index (χ0n) is 19.0. The molecule has 0 bridgehead atoms. The van der Waals surface area contributed by atoms with Crippen LogP contribution in [-0.2, 0) is 0 Å². The van der Waals surface area contributed by atoms with Crippen molar-refractivity contribution >= 4 is 11.4 Å². The van der Waals surface area contributed by atoms with E-state index in [0.717, 1.165) is 11.4 Å². The zero-order valence-corrected chi connectivity index (χ0v) is 19.0. The van der Waals surface area contributed by atoms with E-state index in [-0.39, 0.29) is 0 Å². The first-order valence-corrected chi connectivity index (χ1v) is 11.4. The lowest BCUT2D eigenvalue weighted by molar-refractivity contribution is 1.42. The number of nitrogens with one attached hydrogen (secondary N) is 1. The monoisotopic (exact) mass is 425 g/mol. The SMILES string of the molecule is Cc1ccc(-c2ccc(Nc3ccc(-c4ccc(-c5ccccc5)cc4)cc3)c(C)c2)cc1. The molecule has 0 saturated carbocycles. The van der Waals surface area contributed by atoms with E-state index in [1.165, 1.54) is 44.5 Å². The van der Waals surface area contributed by atoms with Gasteiger partial charge in [0.2, 0.25) is 0 Å². The summed E-state index contributed by atoms with van der Waals surface area (Å²) >= 11 is 0. The standard InChI is InChI=1S/C32H27N/c1-23-8-10-29(11-9-23)30-18-21-32(24(2)22-30)33-31-19-16-28(17-20-31)27-14-12-26(13-15-27)25-6-4-3-5-7-25/h3-22,33H,1-2H3. The first kappa shape index (κ1) is 20.8. The van der Waals surface area contributed by atoms with E-state index >= 15 is 0 Å². The van der Waals surface area contributed by atoms with Crippen molar-refractivity contribution < 1.29 is 0 Å². The van der Waals surface area contributed by atoms with Crippen LogP contribution in [0.3, 0.4) is 0 Å². The molecule has 0 aliphatic heterocycles. The van der Waals surface area contributed by atoms with Gasteiger partial charge >= 0.3 is 0 Å². The minimum absolute atomic E-state index is 1.09. The van der Waals surface area contributed by atoms with Gasteiger partial charge in [-0.15, -0.1) is 0 Å². The lowest BCUT2D eigenvalue weighted by Gasteiger charge is -2.12. The van der Waals surface area contributed by atoms with Gasteiger partial charge in [-0.05, 0) is 77.1 Å². The number of benzene rings is 5. The van der Waals surface area contributed by atoms with Crippen molar-refractivity contribution in [3.63, 3.8) is 0 Å². The highest BCUT2D eigenvalue weighted by molar-refractivity contribution is 5.74. The highest BCUT2D eigenvalue weighted by atomic mass is 14.9. The number of hydrogen-bond donors (Lipinski definition) is 1.